The maximum absolute atomic E-state index is 13.0. The van der Waals surface area contributed by atoms with Gasteiger partial charge >= 0.3 is 0 Å². The van der Waals surface area contributed by atoms with Crippen LogP contribution in [0.5, 0.6) is 11.5 Å². The lowest BCUT2D eigenvalue weighted by Gasteiger charge is -2.25. The summed E-state index contributed by atoms with van der Waals surface area (Å²) in [6.07, 6.45) is 0.844. The van der Waals surface area contributed by atoms with Crippen LogP contribution in [0.2, 0.25) is 0 Å². The highest BCUT2D eigenvalue weighted by atomic mass is 16.5. The lowest BCUT2D eigenvalue weighted by Crippen LogP contribution is -2.32. The standard InChI is InChI=1S/C24H27NO6/c1-4-12-31-19-10-6-8-17(15-19)22(26)20-21(16-7-5-9-18(14-16)30-3)25(11-13-29-2)24(28)23(20)27/h5-10,14-15,21,26H,4,11-13H2,1-3H3/b22-20+. The zero-order chi connectivity index (χ0) is 22.4. The first-order chi connectivity index (χ1) is 15.0. The van der Waals surface area contributed by atoms with Crippen LogP contribution in [0.25, 0.3) is 5.76 Å². The summed E-state index contributed by atoms with van der Waals surface area (Å²) in [6.45, 7) is 3.00. The Bertz CT molecular complexity index is 984. The zero-order valence-corrected chi connectivity index (χ0v) is 18.0. The van der Waals surface area contributed by atoms with Gasteiger partial charge in [-0.1, -0.05) is 31.2 Å². The summed E-state index contributed by atoms with van der Waals surface area (Å²) in [5.41, 5.74) is 1.10. The summed E-state index contributed by atoms with van der Waals surface area (Å²) < 4.78 is 16.1. The number of hydrogen-bond acceptors (Lipinski definition) is 6. The molecule has 0 spiro atoms. The van der Waals surface area contributed by atoms with E-state index in [-0.39, 0.29) is 24.5 Å². The maximum atomic E-state index is 13.0. The van der Waals surface area contributed by atoms with E-state index in [1.807, 2.05) is 6.92 Å². The molecule has 1 aliphatic rings. The Hall–Kier alpha value is -3.32. The van der Waals surface area contributed by atoms with Crippen LogP contribution >= 0.6 is 0 Å². The van der Waals surface area contributed by atoms with Gasteiger partial charge in [0.05, 0.1) is 31.9 Å². The molecular formula is C24H27NO6. The van der Waals surface area contributed by atoms with Crippen LogP contribution in [0.4, 0.5) is 0 Å². The summed E-state index contributed by atoms with van der Waals surface area (Å²) in [4.78, 5) is 27.2. The van der Waals surface area contributed by atoms with Gasteiger partial charge in [-0.3, -0.25) is 9.59 Å². The van der Waals surface area contributed by atoms with Crippen molar-refractivity contribution in [3.63, 3.8) is 0 Å². The number of likely N-dealkylation sites (tertiary alicyclic amines) is 1. The van der Waals surface area contributed by atoms with Gasteiger partial charge in [-0.15, -0.1) is 0 Å². The Balaban J connectivity index is 2.12. The first-order valence-corrected chi connectivity index (χ1v) is 10.2. The number of methoxy groups -OCH3 is 2. The number of hydrogen-bond donors (Lipinski definition) is 1. The fraction of sp³-hybridized carbons (Fsp3) is 0.333. The summed E-state index contributed by atoms with van der Waals surface area (Å²) >= 11 is 0. The highest BCUT2D eigenvalue weighted by Crippen LogP contribution is 2.40. The fourth-order valence-corrected chi connectivity index (χ4v) is 3.57. The van der Waals surface area contributed by atoms with E-state index in [4.69, 9.17) is 14.2 Å². The van der Waals surface area contributed by atoms with E-state index < -0.39 is 17.7 Å². The second-order valence-corrected chi connectivity index (χ2v) is 7.14. The van der Waals surface area contributed by atoms with Crippen LogP contribution in [0, 0.1) is 0 Å². The summed E-state index contributed by atoms with van der Waals surface area (Å²) in [5, 5.41) is 11.1. The number of rotatable bonds is 9. The molecule has 1 unspecified atom stereocenters. The predicted molar refractivity (Wildman–Crippen MR) is 116 cm³/mol. The van der Waals surface area contributed by atoms with Crippen molar-refractivity contribution in [2.45, 2.75) is 19.4 Å². The molecule has 3 rings (SSSR count). The number of carbonyl (C=O) groups is 2. The van der Waals surface area contributed by atoms with Crippen LogP contribution in [0.1, 0.15) is 30.5 Å². The molecule has 164 valence electrons. The minimum Gasteiger partial charge on any atom is -0.507 e. The van der Waals surface area contributed by atoms with Crippen molar-refractivity contribution in [1.82, 2.24) is 4.90 Å². The smallest absolute Gasteiger partial charge is 0.295 e. The first kappa shape index (κ1) is 22.4. The van der Waals surface area contributed by atoms with Gasteiger partial charge in [0, 0.05) is 19.2 Å². The monoisotopic (exact) mass is 425 g/mol. The predicted octanol–water partition coefficient (Wildman–Crippen LogP) is 3.55. The van der Waals surface area contributed by atoms with E-state index >= 15 is 0 Å². The van der Waals surface area contributed by atoms with Crippen molar-refractivity contribution in [1.29, 1.82) is 0 Å². The molecule has 2 aromatic carbocycles. The van der Waals surface area contributed by atoms with Crippen LogP contribution in [-0.4, -0.2) is 55.7 Å². The Kier molecular flexibility index (Phi) is 7.31. The van der Waals surface area contributed by atoms with Crippen molar-refractivity contribution in [3.8, 4) is 11.5 Å². The van der Waals surface area contributed by atoms with E-state index in [0.29, 0.717) is 29.2 Å². The fourth-order valence-electron chi connectivity index (χ4n) is 3.57. The van der Waals surface area contributed by atoms with Crippen molar-refractivity contribution in [2.75, 3.05) is 34.0 Å². The quantitative estimate of drug-likeness (QED) is 0.376. The molecule has 0 aliphatic carbocycles. The molecule has 0 bridgehead atoms. The van der Waals surface area contributed by atoms with E-state index in [9.17, 15) is 14.7 Å². The molecule has 1 amide bonds. The number of ether oxygens (including phenoxy) is 3. The number of nitrogens with zero attached hydrogens (tertiary/aromatic N) is 1. The Morgan fingerprint density at radius 3 is 2.48 bits per heavy atom. The minimum atomic E-state index is -0.759. The Morgan fingerprint density at radius 2 is 1.77 bits per heavy atom. The molecule has 1 heterocycles. The lowest BCUT2D eigenvalue weighted by atomic mass is 9.95. The molecule has 1 atom stereocenters. The van der Waals surface area contributed by atoms with Crippen LogP contribution < -0.4 is 9.47 Å². The molecule has 2 aromatic rings. The van der Waals surface area contributed by atoms with Crippen LogP contribution in [0.3, 0.4) is 0 Å². The molecular weight excluding hydrogens is 398 g/mol. The Morgan fingerprint density at radius 1 is 1.03 bits per heavy atom. The third kappa shape index (κ3) is 4.72. The second kappa shape index (κ2) is 10.1. The number of benzene rings is 2. The SMILES string of the molecule is CCCOc1cccc(/C(O)=C2\C(=O)C(=O)N(CCOC)C2c2cccc(OC)c2)c1. The topological polar surface area (TPSA) is 85.3 Å². The molecule has 0 saturated carbocycles. The maximum Gasteiger partial charge on any atom is 0.295 e. The lowest BCUT2D eigenvalue weighted by molar-refractivity contribution is -0.140. The first-order valence-electron chi connectivity index (χ1n) is 10.2. The second-order valence-electron chi connectivity index (χ2n) is 7.14. The molecule has 0 radical (unpaired) electrons. The number of ketones is 1. The third-order valence-electron chi connectivity index (χ3n) is 5.07. The molecule has 7 heteroatoms. The number of amides is 1. The van der Waals surface area contributed by atoms with Gasteiger partial charge in [0.2, 0.25) is 0 Å². The van der Waals surface area contributed by atoms with Gasteiger partial charge < -0.3 is 24.2 Å². The van der Waals surface area contributed by atoms with E-state index in [2.05, 4.69) is 0 Å². The van der Waals surface area contributed by atoms with E-state index in [1.54, 1.807) is 55.6 Å². The van der Waals surface area contributed by atoms with Crippen LogP contribution in [0.15, 0.2) is 54.1 Å². The van der Waals surface area contributed by atoms with Crippen molar-refractivity contribution >= 4 is 17.4 Å². The molecule has 7 nitrogen and oxygen atoms in total. The van der Waals surface area contributed by atoms with Gasteiger partial charge in [0.1, 0.15) is 17.3 Å². The van der Waals surface area contributed by atoms with Crippen LogP contribution in [-0.2, 0) is 14.3 Å². The highest BCUT2D eigenvalue weighted by Gasteiger charge is 2.46. The average Bonchev–Trinajstić information content (AvgIpc) is 3.05. The van der Waals surface area contributed by atoms with Gasteiger partial charge in [-0.2, -0.15) is 0 Å². The molecule has 1 fully saturated rings. The summed E-state index contributed by atoms with van der Waals surface area (Å²) in [7, 11) is 3.07. The number of aliphatic hydroxyl groups excluding tert-OH is 1. The largest absolute Gasteiger partial charge is 0.507 e. The molecule has 1 saturated heterocycles. The van der Waals surface area contributed by atoms with Gasteiger partial charge in [-0.05, 0) is 36.2 Å². The number of Topliss-reactive ketones (excluding diaryl/α,β-unsaturated/α-hetero) is 1. The third-order valence-corrected chi connectivity index (χ3v) is 5.07. The Labute approximate surface area is 181 Å². The zero-order valence-electron chi connectivity index (χ0n) is 18.0. The molecule has 0 aromatic heterocycles. The van der Waals surface area contributed by atoms with Crippen molar-refractivity contribution in [2.24, 2.45) is 0 Å². The van der Waals surface area contributed by atoms with Crippen molar-refractivity contribution < 1.29 is 28.9 Å². The minimum absolute atomic E-state index is 0.0296. The van der Waals surface area contributed by atoms with E-state index in [1.165, 1.54) is 12.0 Å². The summed E-state index contributed by atoms with van der Waals surface area (Å²) in [6, 6.07) is 13.2. The summed E-state index contributed by atoms with van der Waals surface area (Å²) in [5.74, 6) is -0.485. The van der Waals surface area contributed by atoms with Gasteiger partial charge in [-0.25, -0.2) is 0 Å². The molecule has 1 N–H and O–H groups in total. The van der Waals surface area contributed by atoms with Gasteiger partial charge in [0.25, 0.3) is 11.7 Å². The normalized spacial score (nSPS) is 17.8. The molecule has 31 heavy (non-hydrogen) atoms. The van der Waals surface area contributed by atoms with Gasteiger partial charge in [0.15, 0.2) is 0 Å². The highest BCUT2D eigenvalue weighted by molar-refractivity contribution is 6.46. The number of aliphatic hydroxyl groups is 1. The van der Waals surface area contributed by atoms with Crippen molar-refractivity contribution in [3.05, 3.63) is 65.2 Å². The van der Waals surface area contributed by atoms with E-state index in [0.717, 1.165) is 6.42 Å². The number of carbonyl (C=O) groups excluding carboxylic acids is 2. The average molecular weight is 425 g/mol. The molecule has 1 aliphatic heterocycles.